The fourth-order valence-corrected chi connectivity index (χ4v) is 5.11. The minimum absolute atomic E-state index is 0.250. The molecule has 1 unspecified atom stereocenters. The topological polar surface area (TPSA) is 35.5 Å². The van der Waals surface area contributed by atoms with E-state index in [9.17, 15) is 5.11 Å². The van der Waals surface area contributed by atoms with Gasteiger partial charge in [0.05, 0.1) is 6.10 Å². The maximum atomic E-state index is 10.0. The SMILES string of the molecule is CN1CC[C@]23CCNC[C@H]2[C@H]1CC1=C3CC(O)C=C1. The molecule has 2 fully saturated rings. The second kappa shape index (κ2) is 4.18. The van der Waals surface area contributed by atoms with E-state index in [4.69, 9.17) is 0 Å². The third-order valence-corrected chi connectivity index (χ3v) is 6.11. The molecule has 4 atom stereocenters. The monoisotopic (exact) mass is 260 g/mol. The number of rotatable bonds is 0. The number of allylic oxidation sites excluding steroid dienone is 1. The molecular weight excluding hydrogens is 236 g/mol. The second-order valence-corrected chi connectivity index (χ2v) is 6.85. The van der Waals surface area contributed by atoms with E-state index >= 15 is 0 Å². The number of nitrogens with one attached hydrogen (secondary N) is 1. The Bertz CT molecular complexity index is 456. The molecule has 0 spiro atoms. The van der Waals surface area contributed by atoms with E-state index in [2.05, 4.69) is 23.3 Å². The van der Waals surface area contributed by atoms with E-state index in [1.54, 1.807) is 11.1 Å². The standard InChI is InChI=1S/C16H24N2O/c1-18-7-5-16-4-6-17-10-14(16)15(18)8-11-2-3-12(19)9-13(11)16/h2-3,12,14-15,17,19H,4-10H2,1H3/t12?,14-,15+,16-/m0/s1. The molecule has 3 heteroatoms. The van der Waals surface area contributed by atoms with Gasteiger partial charge in [-0.15, -0.1) is 0 Å². The summed E-state index contributed by atoms with van der Waals surface area (Å²) >= 11 is 0. The van der Waals surface area contributed by atoms with Gasteiger partial charge >= 0.3 is 0 Å². The van der Waals surface area contributed by atoms with Crippen LogP contribution in [-0.2, 0) is 0 Å². The van der Waals surface area contributed by atoms with Gasteiger partial charge in [0.15, 0.2) is 0 Å². The molecule has 0 saturated carbocycles. The molecule has 2 bridgehead atoms. The average Bonchev–Trinajstić information content (AvgIpc) is 2.43. The Morgan fingerprint density at radius 3 is 3.16 bits per heavy atom. The first-order valence-corrected chi connectivity index (χ1v) is 7.70. The summed E-state index contributed by atoms with van der Waals surface area (Å²) in [5.41, 5.74) is 3.54. The lowest BCUT2D eigenvalue weighted by molar-refractivity contribution is -0.0200. The summed E-state index contributed by atoms with van der Waals surface area (Å²) in [5, 5.41) is 13.6. The van der Waals surface area contributed by atoms with Gasteiger partial charge in [-0.1, -0.05) is 17.7 Å². The molecule has 2 heterocycles. The molecule has 0 radical (unpaired) electrons. The summed E-state index contributed by atoms with van der Waals surface area (Å²) in [6.45, 7) is 3.52. The molecule has 19 heavy (non-hydrogen) atoms. The van der Waals surface area contributed by atoms with Crippen LogP contribution in [0.2, 0.25) is 0 Å². The molecule has 2 saturated heterocycles. The van der Waals surface area contributed by atoms with Crippen molar-refractivity contribution in [1.82, 2.24) is 10.2 Å². The Morgan fingerprint density at radius 1 is 1.37 bits per heavy atom. The highest BCUT2D eigenvalue weighted by Crippen LogP contribution is 2.56. The van der Waals surface area contributed by atoms with Gasteiger partial charge in [0.1, 0.15) is 0 Å². The molecule has 0 aromatic heterocycles. The van der Waals surface area contributed by atoms with Crippen LogP contribution in [0.1, 0.15) is 25.7 Å². The zero-order valence-corrected chi connectivity index (χ0v) is 11.7. The van der Waals surface area contributed by atoms with Crippen LogP contribution in [0.4, 0.5) is 0 Å². The van der Waals surface area contributed by atoms with Crippen LogP contribution < -0.4 is 5.32 Å². The first-order chi connectivity index (χ1) is 9.21. The maximum Gasteiger partial charge on any atom is 0.0761 e. The molecule has 2 aliphatic heterocycles. The van der Waals surface area contributed by atoms with Gasteiger partial charge in [0.25, 0.3) is 0 Å². The van der Waals surface area contributed by atoms with Crippen molar-refractivity contribution < 1.29 is 5.11 Å². The van der Waals surface area contributed by atoms with Crippen molar-refractivity contribution >= 4 is 0 Å². The number of piperidine rings is 2. The van der Waals surface area contributed by atoms with Gasteiger partial charge in [0.2, 0.25) is 0 Å². The summed E-state index contributed by atoms with van der Waals surface area (Å²) in [5.74, 6) is 0.748. The molecule has 3 nitrogen and oxygen atoms in total. The lowest BCUT2D eigenvalue weighted by Crippen LogP contribution is -2.62. The van der Waals surface area contributed by atoms with Crippen LogP contribution in [0.5, 0.6) is 0 Å². The highest BCUT2D eigenvalue weighted by Gasteiger charge is 2.54. The molecule has 4 aliphatic rings. The van der Waals surface area contributed by atoms with E-state index in [0.717, 1.165) is 25.4 Å². The Labute approximate surface area is 115 Å². The van der Waals surface area contributed by atoms with E-state index in [1.807, 2.05) is 6.08 Å². The quantitative estimate of drug-likeness (QED) is 0.689. The lowest BCUT2D eigenvalue weighted by atomic mass is 9.53. The predicted molar refractivity (Wildman–Crippen MR) is 75.9 cm³/mol. The minimum Gasteiger partial charge on any atom is -0.389 e. The summed E-state index contributed by atoms with van der Waals surface area (Å²) in [4.78, 5) is 2.57. The van der Waals surface area contributed by atoms with Crippen LogP contribution in [0.15, 0.2) is 23.3 Å². The number of nitrogens with zero attached hydrogens (tertiary/aromatic N) is 1. The van der Waals surface area contributed by atoms with Gasteiger partial charge < -0.3 is 15.3 Å². The second-order valence-electron chi connectivity index (χ2n) is 6.85. The molecule has 2 N–H and O–H groups in total. The van der Waals surface area contributed by atoms with Crippen LogP contribution >= 0.6 is 0 Å². The highest BCUT2D eigenvalue weighted by atomic mass is 16.3. The van der Waals surface area contributed by atoms with Crippen molar-refractivity contribution in [2.75, 3.05) is 26.7 Å². The van der Waals surface area contributed by atoms with Gasteiger partial charge in [-0.3, -0.25) is 0 Å². The van der Waals surface area contributed by atoms with Crippen molar-refractivity contribution in [2.24, 2.45) is 11.3 Å². The number of aliphatic hydroxyl groups excluding tert-OH is 1. The molecular formula is C16H24N2O. The first-order valence-electron chi connectivity index (χ1n) is 7.70. The van der Waals surface area contributed by atoms with Crippen LogP contribution in [0, 0.1) is 11.3 Å². The molecule has 4 rings (SSSR count). The lowest BCUT2D eigenvalue weighted by Gasteiger charge is -2.59. The number of likely N-dealkylation sites (tertiary alicyclic amines) is 1. The third-order valence-electron chi connectivity index (χ3n) is 6.11. The van der Waals surface area contributed by atoms with Crippen LogP contribution in [0.3, 0.4) is 0 Å². The van der Waals surface area contributed by atoms with Crippen molar-refractivity contribution in [1.29, 1.82) is 0 Å². The fraction of sp³-hybridized carbons (Fsp3) is 0.750. The van der Waals surface area contributed by atoms with Crippen LogP contribution in [0.25, 0.3) is 0 Å². The molecule has 104 valence electrons. The van der Waals surface area contributed by atoms with Crippen molar-refractivity contribution in [3.8, 4) is 0 Å². The van der Waals surface area contributed by atoms with Crippen molar-refractivity contribution in [3.63, 3.8) is 0 Å². The van der Waals surface area contributed by atoms with Gasteiger partial charge in [-0.25, -0.2) is 0 Å². The molecule has 0 aromatic rings. The summed E-state index contributed by atoms with van der Waals surface area (Å²) < 4.78 is 0. The summed E-state index contributed by atoms with van der Waals surface area (Å²) in [7, 11) is 2.29. The van der Waals surface area contributed by atoms with Gasteiger partial charge in [-0.05, 0) is 62.7 Å². The molecule has 2 aliphatic carbocycles. The van der Waals surface area contributed by atoms with Gasteiger partial charge in [0, 0.05) is 12.6 Å². The first kappa shape index (κ1) is 12.1. The van der Waals surface area contributed by atoms with E-state index < -0.39 is 0 Å². The Hall–Kier alpha value is -0.640. The largest absolute Gasteiger partial charge is 0.389 e. The maximum absolute atomic E-state index is 10.0. The fourth-order valence-electron chi connectivity index (χ4n) is 5.11. The van der Waals surface area contributed by atoms with E-state index in [1.165, 1.54) is 25.8 Å². The molecule has 0 amide bonds. The highest BCUT2D eigenvalue weighted by molar-refractivity contribution is 5.41. The van der Waals surface area contributed by atoms with E-state index in [0.29, 0.717) is 11.5 Å². The number of hydrogen-bond acceptors (Lipinski definition) is 3. The van der Waals surface area contributed by atoms with Gasteiger partial charge in [-0.2, -0.15) is 0 Å². The smallest absolute Gasteiger partial charge is 0.0761 e. The zero-order chi connectivity index (χ0) is 13.0. The molecule has 0 aromatic carbocycles. The summed E-state index contributed by atoms with van der Waals surface area (Å²) in [6, 6.07) is 0.695. The van der Waals surface area contributed by atoms with Crippen LogP contribution in [-0.4, -0.2) is 48.8 Å². The summed E-state index contributed by atoms with van der Waals surface area (Å²) in [6.07, 6.45) is 8.58. The van der Waals surface area contributed by atoms with Crippen molar-refractivity contribution in [3.05, 3.63) is 23.3 Å². The number of hydrogen-bond donors (Lipinski definition) is 2. The Morgan fingerprint density at radius 2 is 2.26 bits per heavy atom. The predicted octanol–water partition coefficient (Wildman–Crippen LogP) is 1.31. The van der Waals surface area contributed by atoms with Crippen molar-refractivity contribution in [2.45, 2.75) is 37.8 Å². The average molecular weight is 260 g/mol. The Balaban J connectivity index is 1.83. The third kappa shape index (κ3) is 1.61. The normalized spacial score (nSPS) is 45.9. The zero-order valence-electron chi connectivity index (χ0n) is 11.7. The Kier molecular flexibility index (Phi) is 2.66. The number of aliphatic hydroxyl groups is 1. The minimum atomic E-state index is -0.250. The van der Waals surface area contributed by atoms with E-state index in [-0.39, 0.29) is 6.10 Å².